The molecule has 3 atom stereocenters. The first kappa shape index (κ1) is 15.0. The lowest BCUT2D eigenvalue weighted by atomic mass is 9.76. The third kappa shape index (κ3) is 3.79. The Labute approximate surface area is 120 Å². The Bertz CT molecular complexity index is 444. The zero-order chi connectivity index (χ0) is 14.5. The number of rotatable bonds is 5. The average molecular weight is 277 g/mol. The molecule has 0 heterocycles. The number of benzene rings is 1. The summed E-state index contributed by atoms with van der Waals surface area (Å²) < 4.78 is 0. The molecule has 1 aromatic carbocycles. The molecule has 0 saturated heterocycles. The van der Waals surface area contributed by atoms with Gasteiger partial charge in [-0.15, -0.1) is 0 Å². The molecule has 0 amide bonds. The zero-order valence-corrected chi connectivity index (χ0v) is 12.0. The normalized spacial score (nSPS) is 26.4. The minimum Gasteiger partial charge on any atom is -0.393 e. The van der Waals surface area contributed by atoms with E-state index in [9.17, 15) is 15.2 Å². The third-order valence-electron chi connectivity index (χ3n) is 4.58. The maximum atomic E-state index is 10.6. The number of nitrogens with zero attached hydrogens (tertiary/aromatic N) is 1. The van der Waals surface area contributed by atoms with Crippen molar-refractivity contribution in [2.24, 2.45) is 11.8 Å². The average Bonchev–Trinajstić information content (AvgIpc) is 2.47. The number of aryl methyl sites for hydroxylation is 1. The van der Waals surface area contributed by atoms with Crippen molar-refractivity contribution in [1.29, 1.82) is 0 Å². The number of aliphatic hydroxyl groups excluding tert-OH is 1. The van der Waals surface area contributed by atoms with E-state index in [4.69, 9.17) is 0 Å². The molecule has 0 aliphatic heterocycles. The van der Waals surface area contributed by atoms with E-state index in [1.807, 2.05) is 12.1 Å². The van der Waals surface area contributed by atoms with Crippen LogP contribution < -0.4 is 0 Å². The van der Waals surface area contributed by atoms with Gasteiger partial charge < -0.3 is 5.11 Å². The van der Waals surface area contributed by atoms with Crippen molar-refractivity contribution in [1.82, 2.24) is 0 Å². The van der Waals surface area contributed by atoms with Crippen LogP contribution in [0.2, 0.25) is 0 Å². The van der Waals surface area contributed by atoms with Gasteiger partial charge in [-0.25, -0.2) is 0 Å². The molecule has 0 bridgehead atoms. The monoisotopic (exact) mass is 277 g/mol. The molecule has 4 nitrogen and oxygen atoms in total. The number of hydrogen-bond donors (Lipinski definition) is 1. The topological polar surface area (TPSA) is 63.4 Å². The van der Waals surface area contributed by atoms with Crippen molar-refractivity contribution < 1.29 is 10.0 Å². The second-order valence-corrected chi connectivity index (χ2v) is 5.88. The van der Waals surface area contributed by atoms with Gasteiger partial charge in [-0.2, -0.15) is 0 Å². The summed E-state index contributed by atoms with van der Waals surface area (Å²) in [4.78, 5) is 10.2. The Balaban J connectivity index is 1.88. The largest absolute Gasteiger partial charge is 0.393 e. The predicted octanol–water partition coefficient (Wildman–Crippen LogP) is 3.71. The van der Waals surface area contributed by atoms with Crippen LogP contribution in [0.4, 0.5) is 5.69 Å². The minimum absolute atomic E-state index is 0.137. The maximum absolute atomic E-state index is 10.6. The Kier molecular flexibility index (Phi) is 5.12. The van der Waals surface area contributed by atoms with E-state index >= 15 is 0 Å². The molecule has 20 heavy (non-hydrogen) atoms. The lowest BCUT2D eigenvalue weighted by molar-refractivity contribution is -0.384. The molecule has 0 radical (unpaired) electrons. The summed E-state index contributed by atoms with van der Waals surface area (Å²) in [6.07, 6.45) is 6.06. The fourth-order valence-electron chi connectivity index (χ4n) is 3.16. The summed E-state index contributed by atoms with van der Waals surface area (Å²) in [6, 6.07) is 6.76. The van der Waals surface area contributed by atoms with Gasteiger partial charge in [0.2, 0.25) is 0 Å². The van der Waals surface area contributed by atoms with Crippen LogP contribution in [-0.2, 0) is 6.42 Å². The lowest BCUT2D eigenvalue weighted by Gasteiger charge is -2.33. The molecule has 4 heteroatoms. The Morgan fingerprint density at radius 3 is 2.60 bits per heavy atom. The quantitative estimate of drug-likeness (QED) is 0.659. The van der Waals surface area contributed by atoms with Gasteiger partial charge in [-0.1, -0.05) is 25.5 Å². The molecule has 1 aliphatic carbocycles. The third-order valence-corrected chi connectivity index (χ3v) is 4.58. The highest BCUT2D eigenvalue weighted by atomic mass is 16.6. The van der Waals surface area contributed by atoms with Gasteiger partial charge in [0, 0.05) is 12.1 Å². The van der Waals surface area contributed by atoms with Crippen LogP contribution in [-0.4, -0.2) is 16.1 Å². The van der Waals surface area contributed by atoms with Gasteiger partial charge in [-0.3, -0.25) is 10.1 Å². The van der Waals surface area contributed by atoms with Crippen LogP contribution >= 0.6 is 0 Å². The molecular weight excluding hydrogens is 254 g/mol. The number of non-ortho nitro benzene ring substituents is 1. The van der Waals surface area contributed by atoms with Gasteiger partial charge in [0.05, 0.1) is 11.0 Å². The Morgan fingerprint density at radius 2 is 2.00 bits per heavy atom. The molecule has 110 valence electrons. The van der Waals surface area contributed by atoms with Crippen molar-refractivity contribution >= 4 is 5.69 Å². The first-order valence-corrected chi connectivity index (χ1v) is 7.51. The molecule has 1 fully saturated rings. The summed E-state index contributed by atoms with van der Waals surface area (Å²) >= 11 is 0. The van der Waals surface area contributed by atoms with Crippen LogP contribution in [0.15, 0.2) is 24.3 Å². The smallest absolute Gasteiger partial charge is 0.269 e. The first-order valence-electron chi connectivity index (χ1n) is 7.51. The van der Waals surface area contributed by atoms with Crippen molar-refractivity contribution in [2.75, 3.05) is 0 Å². The van der Waals surface area contributed by atoms with Crippen LogP contribution in [0.1, 0.15) is 44.6 Å². The summed E-state index contributed by atoms with van der Waals surface area (Å²) in [7, 11) is 0. The van der Waals surface area contributed by atoms with E-state index in [0.29, 0.717) is 5.92 Å². The minimum atomic E-state index is -0.374. The fraction of sp³-hybridized carbons (Fsp3) is 0.625. The lowest BCUT2D eigenvalue weighted by Crippen LogP contribution is -2.29. The first-order chi connectivity index (χ1) is 9.60. The highest BCUT2D eigenvalue weighted by Gasteiger charge is 2.27. The van der Waals surface area contributed by atoms with E-state index in [-0.39, 0.29) is 16.7 Å². The molecule has 1 aromatic rings. The summed E-state index contributed by atoms with van der Waals surface area (Å²) in [5, 5.41) is 20.7. The van der Waals surface area contributed by atoms with Crippen molar-refractivity contribution in [2.45, 2.75) is 51.6 Å². The molecule has 0 aromatic heterocycles. The Hall–Kier alpha value is -1.42. The summed E-state index contributed by atoms with van der Waals surface area (Å²) in [5.74, 6) is 1.13. The maximum Gasteiger partial charge on any atom is 0.269 e. The molecule has 1 aliphatic rings. The molecular formula is C16H23NO3. The standard InChI is InChI=1S/C16H23NO3/c1-2-12-6-10-16(18)14(11-12)7-3-13-4-8-15(9-5-13)17(19)20/h4-5,8-9,12,14,16,18H,2-3,6-7,10-11H2,1H3. The summed E-state index contributed by atoms with van der Waals surface area (Å²) in [5.41, 5.74) is 1.25. The van der Waals surface area contributed by atoms with Crippen molar-refractivity contribution in [3.05, 3.63) is 39.9 Å². The van der Waals surface area contributed by atoms with Crippen LogP contribution in [0.5, 0.6) is 0 Å². The van der Waals surface area contributed by atoms with E-state index in [1.54, 1.807) is 12.1 Å². The number of nitro benzene ring substituents is 1. The molecule has 1 N–H and O–H groups in total. The van der Waals surface area contributed by atoms with E-state index in [0.717, 1.165) is 43.6 Å². The van der Waals surface area contributed by atoms with Gasteiger partial charge in [0.1, 0.15) is 0 Å². The second kappa shape index (κ2) is 6.84. The van der Waals surface area contributed by atoms with E-state index < -0.39 is 0 Å². The van der Waals surface area contributed by atoms with E-state index in [1.165, 1.54) is 6.42 Å². The van der Waals surface area contributed by atoms with E-state index in [2.05, 4.69) is 6.92 Å². The number of aliphatic hydroxyl groups is 1. The highest BCUT2D eigenvalue weighted by molar-refractivity contribution is 5.32. The van der Waals surface area contributed by atoms with Gasteiger partial charge in [-0.05, 0) is 49.5 Å². The molecule has 3 unspecified atom stereocenters. The van der Waals surface area contributed by atoms with Crippen molar-refractivity contribution in [3.8, 4) is 0 Å². The molecule has 1 saturated carbocycles. The van der Waals surface area contributed by atoms with Crippen LogP contribution in [0.3, 0.4) is 0 Å². The SMILES string of the molecule is CCC1CCC(O)C(CCc2ccc([N+](=O)[O-])cc2)C1. The van der Waals surface area contributed by atoms with Crippen LogP contribution in [0, 0.1) is 22.0 Å². The predicted molar refractivity (Wildman–Crippen MR) is 78.5 cm³/mol. The molecule has 2 rings (SSSR count). The van der Waals surface area contributed by atoms with Crippen LogP contribution in [0.25, 0.3) is 0 Å². The number of hydrogen-bond acceptors (Lipinski definition) is 3. The zero-order valence-electron chi connectivity index (χ0n) is 12.0. The fourth-order valence-corrected chi connectivity index (χ4v) is 3.16. The van der Waals surface area contributed by atoms with Gasteiger partial charge in [0.25, 0.3) is 5.69 Å². The number of nitro groups is 1. The van der Waals surface area contributed by atoms with Crippen molar-refractivity contribution in [3.63, 3.8) is 0 Å². The van der Waals surface area contributed by atoms with Gasteiger partial charge >= 0.3 is 0 Å². The summed E-state index contributed by atoms with van der Waals surface area (Å²) in [6.45, 7) is 2.22. The highest BCUT2D eigenvalue weighted by Crippen LogP contribution is 2.34. The molecule has 0 spiro atoms. The van der Waals surface area contributed by atoms with Gasteiger partial charge in [0.15, 0.2) is 0 Å². The second-order valence-electron chi connectivity index (χ2n) is 5.88. The Morgan fingerprint density at radius 1 is 1.30 bits per heavy atom.